The normalized spacial score (nSPS) is 11.6. The molecule has 0 aliphatic rings. The fourth-order valence-corrected chi connectivity index (χ4v) is 2.11. The van der Waals surface area contributed by atoms with Gasteiger partial charge >= 0.3 is 0 Å². The Hall–Kier alpha value is -1.30. The first-order chi connectivity index (χ1) is 9.10. The Morgan fingerprint density at radius 3 is 2.71 bits per heavy atom. The highest BCUT2D eigenvalue weighted by atomic mass is 35.5. The summed E-state index contributed by atoms with van der Waals surface area (Å²) in [5.74, 6) is 0.414. The number of aromatic nitrogens is 2. The first-order valence-electron chi connectivity index (χ1n) is 6.53. The molecule has 1 amide bonds. The summed E-state index contributed by atoms with van der Waals surface area (Å²) in [6, 6.07) is 3.63. The van der Waals surface area contributed by atoms with Crippen molar-refractivity contribution in [1.29, 1.82) is 0 Å². The second kappa shape index (κ2) is 8.87. The van der Waals surface area contributed by atoms with Gasteiger partial charge in [0.15, 0.2) is 0 Å². The van der Waals surface area contributed by atoms with Crippen LogP contribution >= 0.6 is 24.8 Å². The maximum absolute atomic E-state index is 12.2. The second-order valence-electron chi connectivity index (χ2n) is 5.15. The zero-order valence-electron chi connectivity index (χ0n) is 12.2. The van der Waals surface area contributed by atoms with Crippen molar-refractivity contribution in [2.24, 2.45) is 11.7 Å². The highest BCUT2D eigenvalue weighted by Gasteiger charge is 2.14. The minimum atomic E-state index is -0.0910. The largest absolute Gasteiger partial charge is 0.348 e. The van der Waals surface area contributed by atoms with E-state index in [1.165, 1.54) is 0 Å². The number of nitrogens with one attached hydrogen (secondary N) is 1. The van der Waals surface area contributed by atoms with E-state index in [4.69, 9.17) is 5.73 Å². The fourth-order valence-electron chi connectivity index (χ4n) is 2.11. The molecule has 5 nitrogen and oxygen atoms in total. The monoisotopic (exact) mass is 332 g/mol. The van der Waals surface area contributed by atoms with E-state index >= 15 is 0 Å². The van der Waals surface area contributed by atoms with Crippen molar-refractivity contribution >= 4 is 36.4 Å². The number of pyridine rings is 1. The standard InChI is InChI=1S/C14H20N4O.2ClH/c1-10(2)7-12(8-15)17-14(19)11-3-4-13-16-5-6-18(13)9-11;;/h3-6,9-10,12H,7-8,15H2,1-2H3,(H,17,19);2*1H. The summed E-state index contributed by atoms with van der Waals surface area (Å²) in [7, 11) is 0. The summed E-state index contributed by atoms with van der Waals surface area (Å²) in [5, 5.41) is 2.97. The molecular formula is C14H22Cl2N4O. The molecule has 2 rings (SSSR count). The third-order valence-corrected chi connectivity index (χ3v) is 3.03. The summed E-state index contributed by atoms with van der Waals surface area (Å²) in [6.45, 7) is 4.69. The van der Waals surface area contributed by atoms with Gasteiger partial charge in [-0.15, -0.1) is 24.8 Å². The van der Waals surface area contributed by atoms with E-state index in [9.17, 15) is 4.79 Å². The average molecular weight is 333 g/mol. The van der Waals surface area contributed by atoms with E-state index in [1.54, 1.807) is 18.5 Å². The van der Waals surface area contributed by atoms with E-state index in [2.05, 4.69) is 24.1 Å². The molecular weight excluding hydrogens is 311 g/mol. The lowest BCUT2D eigenvalue weighted by atomic mass is 10.0. The van der Waals surface area contributed by atoms with Crippen LogP contribution in [0.25, 0.3) is 5.65 Å². The maximum Gasteiger partial charge on any atom is 0.253 e. The Labute approximate surface area is 137 Å². The minimum absolute atomic E-state index is 0. The van der Waals surface area contributed by atoms with Gasteiger partial charge in [0.2, 0.25) is 0 Å². The summed E-state index contributed by atoms with van der Waals surface area (Å²) in [4.78, 5) is 16.3. The van der Waals surface area contributed by atoms with Gasteiger partial charge in [-0.1, -0.05) is 13.8 Å². The number of carbonyl (C=O) groups excluding carboxylic acids is 1. The number of imidazole rings is 1. The lowest BCUT2D eigenvalue weighted by molar-refractivity contribution is 0.0933. The Balaban J connectivity index is 0.00000200. The van der Waals surface area contributed by atoms with Crippen LogP contribution < -0.4 is 11.1 Å². The Morgan fingerprint density at radius 2 is 2.10 bits per heavy atom. The van der Waals surface area contributed by atoms with Gasteiger partial charge in [0, 0.05) is 31.2 Å². The number of amides is 1. The SMILES string of the molecule is CC(C)CC(CN)NC(=O)c1ccc2nccn2c1.Cl.Cl. The summed E-state index contributed by atoms with van der Waals surface area (Å²) in [5.41, 5.74) is 7.14. The van der Waals surface area contributed by atoms with Gasteiger partial charge in [-0.2, -0.15) is 0 Å². The average Bonchev–Trinajstić information content (AvgIpc) is 2.84. The Morgan fingerprint density at radius 1 is 1.38 bits per heavy atom. The van der Waals surface area contributed by atoms with E-state index < -0.39 is 0 Å². The summed E-state index contributed by atoms with van der Waals surface area (Å²) in [6.07, 6.45) is 6.19. The number of carbonyl (C=O) groups is 1. The number of halogens is 2. The summed E-state index contributed by atoms with van der Waals surface area (Å²) >= 11 is 0. The first kappa shape index (κ1) is 19.7. The van der Waals surface area contributed by atoms with Gasteiger partial charge in [0.25, 0.3) is 5.91 Å². The number of hydrogen-bond donors (Lipinski definition) is 2. The third-order valence-electron chi connectivity index (χ3n) is 3.03. The Kier molecular flexibility index (Phi) is 8.32. The van der Waals surface area contributed by atoms with Crippen LogP contribution in [0.4, 0.5) is 0 Å². The van der Waals surface area contributed by atoms with Crippen molar-refractivity contribution in [2.75, 3.05) is 6.54 Å². The molecule has 0 bridgehead atoms. The van der Waals surface area contributed by atoms with Crippen LogP contribution in [0, 0.1) is 5.92 Å². The van der Waals surface area contributed by atoms with Gasteiger partial charge < -0.3 is 15.5 Å². The minimum Gasteiger partial charge on any atom is -0.348 e. The molecule has 0 aliphatic heterocycles. The number of nitrogens with two attached hydrogens (primary N) is 1. The van der Waals surface area contributed by atoms with Gasteiger partial charge in [-0.3, -0.25) is 4.79 Å². The van der Waals surface area contributed by atoms with E-state index in [1.807, 2.05) is 16.7 Å². The lowest BCUT2D eigenvalue weighted by Crippen LogP contribution is -2.41. The predicted octanol–water partition coefficient (Wildman–Crippen LogP) is 2.28. The van der Waals surface area contributed by atoms with Crippen LogP contribution in [0.3, 0.4) is 0 Å². The zero-order chi connectivity index (χ0) is 13.8. The predicted molar refractivity (Wildman–Crippen MR) is 89.5 cm³/mol. The molecule has 0 fully saturated rings. The fraction of sp³-hybridized carbons (Fsp3) is 0.429. The summed E-state index contributed by atoms with van der Waals surface area (Å²) < 4.78 is 1.83. The lowest BCUT2D eigenvalue weighted by Gasteiger charge is -2.18. The number of nitrogens with zero attached hydrogens (tertiary/aromatic N) is 2. The zero-order valence-corrected chi connectivity index (χ0v) is 13.8. The first-order valence-corrected chi connectivity index (χ1v) is 6.53. The molecule has 3 N–H and O–H groups in total. The van der Waals surface area contributed by atoms with E-state index in [0.29, 0.717) is 18.0 Å². The van der Waals surface area contributed by atoms with Crippen molar-refractivity contribution in [1.82, 2.24) is 14.7 Å². The van der Waals surface area contributed by atoms with Crippen LogP contribution in [0.1, 0.15) is 30.6 Å². The van der Waals surface area contributed by atoms with Crippen molar-refractivity contribution < 1.29 is 4.79 Å². The number of hydrogen-bond acceptors (Lipinski definition) is 3. The highest BCUT2D eigenvalue weighted by molar-refractivity contribution is 5.94. The quantitative estimate of drug-likeness (QED) is 0.882. The molecule has 0 saturated carbocycles. The molecule has 2 aromatic heterocycles. The molecule has 0 spiro atoms. The Bertz CT molecular complexity index is 571. The molecule has 2 heterocycles. The topological polar surface area (TPSA) is 72.4 Å². The molecule has 0 aliphatic carbocycles. The van der Waals surface area contributed by atoms with E-state index in [-0.39, 0.29) is 36.8 Å². The second-order valence-corrected chi connectivity index (χ2v) is 5.15. The van der Waals surface area contributed by atoms with Crippen LogP contribution in [0.15, 0.2) is 30.7 Å². The molecule has 0 radical (unpaired) electrons. The van der Waals surface area contributed by atoms with E-state index in [0.717, 1.165) is 12.1 Å². The number of rotatable bonds is 5. The van der Waals surface area contributed by atoms with Crippen molar-refractivity contribution in [2.45, 2.75) is 26.3 Å². The van der Waals surface area contributed by atoms with Gasteiger partial charge in [0.05, 0.1) is 5.56 Å². The molecule has 1 unspecified atom stereocenters. The van der Waals surface area contributed by atoms with Crippen LogP contribution in [-0.2, 0) is 0 Å². The molecule has 118 valence electrons. The van der Waals surface area contributed by atoms with Crippen LogP contribution in [-0.4, -0.2) is 27.9 Å². The van der Waals surface area contributed by atoms with Gasteiger partial charge in [0.1, 0.15) is 5.65 Å². The molecule has 2 aromatic rings. The number of fused-ring (bicyclic) bond motifs is 1. The third kappa shape index (κ3) is 5.19. The van der Waals surface area contributed by atoms with Crippen molar-refractivity contribution in [3.05, 3.63) is 36.3 Å². The van der Waals surface area contributed by atoms with Crippen molar-refractivity contribution in [3.63, 3.8) is 0 Å². The smallest absolute Gasteiger partial charge is 0.253 e. The molecule has 21 heavy (non-hydrogen) atoms. The van der Waals surface area contributed by atoms with Crippen LogP contribution in [0.5, 0.6) is 0 Å². The molecule has 0 aromatic carbocycles. The highest BCUT2D eigenvalue weighted by Crippen LogP contribution is 2.07. The van der Waals surface area contributed by atoms with Crippen molar-refractivity contribution in [3.8, 4) is 0 Å². The van der Waals surface area contributed by atoms with Gasteiger partial charge in [-0.25, -0.2) is 4.98 Å². The molecule has 1 atom stereocenters. The molecule has 7 heteroatoms. The molecule has 0 saturated heterocycles. The van der Waals surface area contributed by atoms with Crippen LogP contribution in [0.2, 0.25) is 0 Å². The van der Waals surface area contributed by atoms with Gasteiger partial charge in [-0.05, 0) is 24.5 Å². The maximum atomic E-state index is 12.2.